The molecule has 0 saturated heterocycles. The lowest BCUT2D eigenvalue weighted by atomic mass is 10.1. The van der Waals surface area contributed by atoms with Crippen molar-refractivity contribution < 1.29 is 10.0 Å². The topological polar surface area (TPSA) is 63.4 Å². The molecule has 4 nitrogen and oxygen atoms in total. The molecule has 0 aliphatic heterocycles. The molecule has 15 heavy (non-hydrogen) atoms. The van der Waals surface area contributed by atoms with Crippen molar-refractivity contribution in [1.82, 2.24) is 0 Å². The average molecular weight is 221 g/mol. The Bertz CT molecular complexity index is 493. The molecule has 0 aliphatic carbocycles. The molecule has 0 amide bonds. The maximum Gasteiger partial charge on any atom is 0.311 e. The van der Waals surface area contributed by atoms with E-state index >= 15 is 0 Å². The Labute approximate surface area is 89.6 Å². The number of thiophene rings is 1. The monoisotopic (exact) mass is 221 g/mol. The van der Waals surface area contributed by atoms with Crippen LogP contribution in [0.2, 0.25) is 0 Å². The predicted molar refractivity (Wildman–Crippen MR) is 58.1 cm³/mol. The molecular weight excluding hydrogens is 214 g/mol. The van der Waals surface area contributed by atoms with E-state index in [1.807, 2.05) is 17.5 Å². The zero-order valence-corrected chi connectivity index (χ0v) is 8.40. The van der Waals surface area contributed by atoms with Crippen LogP contribution in [0.4, 0.5) is 5.69 Å². The Morgan fingerprint density at radius 3 is 2.73 bits per heavy atom. The van der Waals surface area contributed by atoms with Gasteiger partial charge in [-0.3, -0.25) is 10.1 Å². The summed E-state index contributed by atoms with van der Waals surface area (Å²) >= 11 is 1.50. The van der Waals surface area contributed by atoms with Gasteiger partial charge in [0.15, 0.2) is 5.75 Å². The van der Waals surface area contributed by atoms with E-state index in [2.05, 4.69) is 0 Å². The van der Waals surface area contributed by atoms with Crippen LogP contribution in [0, 0.1) is 10.1 Å². The van der Waals surface area contributed by atoms with Crippen molar-refractivity contribution in [2.45, 2.75) is 0 Å². The van der Waals surface area contributed by atoms with Gasteiger partial charge in [0.25, 0.3) is 0 Å². The SMILES string of the molecule is O=[N+]([O-])c1cc(-c2cccs2)ccc1O. The van der Waals surface area contributed by atoms with Gasteiger partial charge in [-0.2, -0.15) is 0 Å². The Kier molecular flexibility index (Phi) is 2.39. The van der Waals surface area contributed by atoms with Crippen molar-refractivity contribution in [3.63, 3.8) is 0 Å². The summed E-state index contributed by atoms with van der Waals surface area (Å²) in [6.07, 6.45) is 0. The summed E-state index contributed by atoms with van der Waals surface area (Å²) in [4.78, 5) is 10.9. The molecule has 0 atom stereocenters. The third-order valence-corrected chi connectivity index (χ3v) is 2.90. The molecule has 1 aromatic heterocycles. The highest BCUT2D eigenvalue weighted by molar-refractivity contribution is 7.13. The van der Waals surface area contributed by atoms with E-state index in [1.165, 1.54) is 23.5 Å². The Balaban J connectivity index is 2.52. The van der Waals surface area contributed by atoms with Crippen LogP contribution in [-0.2, 0) is 0 Å². The van der Waals surface area contributed by atoms with Gasteiger partial charge in [0.05, 0.1) is 4.92 Å². The molecule has 0 spiro atoms. The second-order valence-electron chi connectivity index (χ2n) is 2.94. The molecule has 1 N–H and O–H groups in total. The third kappa shape index (κ3) is 1.82. The van der Waals surface area contributed by atoms with Gasteiger partial charge >= 0.3 is 5.69 Å². The minimum atomic E-state index is -0.591. The van der Waals surface area contributed by atoms with Crippen LogP contribution in [0.5, 0.6) is 5.75 Å². The molecule has 2 aromatic rings. The largest absolute Gasteiger partial charge is 0.502 e. The second kappa shape index (κ2) is 3.70. The van der Waals surface area contributed by atoms with Gasteiger partial charge in [-0.25, -0.2) is 0 Å². The van der Waals surface area contributed by atoms with Crippen LogP contribution in [-0.4, -0.2) is 10.0 Å². The van der Waals surface area contributed by atoms with Crippen molar-refractivity contribution >= 4 is 17.0 Å². The second-order valence-corrected chi connectivity index (χ2v) is 3.89. The van der Waals surface area contributed by atoms with E-state index in [4.69, 9.17) is 0 Å². The zero-order chi connectivity index (χ0) is 10.8. The first-order valence-corrected chi connectivity index (χ1v) is 5.08. The minimum Gasteiger partial charge on any atom is -0.502 e. The van der Waals surface area contributed by atoms with Crippen LogP contribution in [0.25, 0.3) is 10.4 Å². The van der Waals surface area contributed by atoms with Gasteiger partial charge in [-0.1, -0.05) is 6.07 Å². The van der Waals surface area contributed by atoms with E-state index in [-0.39, 0.29) is 11.4 Å². The number of phenolic OH excluding ortho intramolecular Hbond substituents is 1. The van der Waals surface area contributed by atoms with E-state index < -0.39 is 4.92 Å². The molecular formula is C10H7NO3S. The van der Waals surface area contributed by atoms with Crippen molar-refractivity contribution in [3.8, 4) is 16.2 Å². The highest BCUT2D eigenvalue weighted by Crippen LogP contribution is 2.32. The van der Waals surface area contributed by atoms with Gasteiger partial charge < -0.3 is 5.11 Å². The number of nitrogens with zero attached hydrogens (tertiary/aromatic N) is 1. The lowest BCUT2D eigenvalue weighted by molar-refractivity contribution is -0.385. The summed E-state index contributed by atoms with van der Waals surface area (Å²) in [5.74, 6) is -0.305. The molecule has 0 unspecified atom stereocenters. The molecule has 5 heteroatoms. The summed E-state index contributed by atoms with van der Waals surface area (Å²) < 4.78 is 0. The normalized spacial score (nSPS) is 10.1. The molecule has 0 aliphatic rings. The quantitative estimate of drug-likeness (QED) is 0.626. The van der Waals surface area contributed by atoms with Crippen LogP contribution in [0.3, 0.4) is 0 Å². The lowest BCUT2D eigenvalue weighted by Gasteiger charge is -1.99. The first kappa shape index (κ1) is 9.67. The number of nitro groups is 1. The summed E-state index contributed by atoms with van der Waals surface area (Å²) in [7, 11) is 0. The van der Waals surface area contributed by atoms with Crippen molar-refractivity contribution in [1.29, 1.82) is 0 Å². The van der Waals surface area contributed by atoms with Gasteiger partial charge in [-0.05, 0) is 29.1 Å². The molecule has 1 heterocycles. The van der Waals surface area contributed by atoms with Gasteiger partial charge in [0.1, 0.15) is 0 Å². The summed E-state index contributed by atoms with van der Waals surface area (Å²) in [5.41, 5.74) is 0.482. The van der Waals surface area contributed by atoms with Crippen molar-refractivity contribution in [2.24, 2.45) is 0 Å². The molecule has 0 fully saturated rings. The van der Waals surface area contributed by atoms with Crippen LogP contribution >= 0.6 is 11.3 Å². The first-order valence-electron chi connectivity index (χ1n) is 4.20. The fourth-order valence-corrected chi connectivity index (χ4v) is 1.99. The first-order chi connectivity index (χ1) is 7.18. The molecule has 76 valence electrons. The highest BCUT2D eigenvalue weighted by Gasteiger charge is 2.14. The summed E-state index contributed by atoms with van der Waals surface area (Å²) in [5, 5.41) is 21.8. The third-order valence-electron chi connectivity index (χ3n) is 1.98. The van der Waals surface area contributed by atoms with Gasteiger partial charge in [0.2, 0.25) is 0 Å². The Morgan fingerprint density at radius 1 is 1.33 bits per heavy atom. The van der Waals surface area contributed by atoms with Crippen molar-refractivity contribution in [2.75, 3.05) is 0 Å². The van der Waals surface area contributed by atoms with E-state index in [1.54, 1.807) is 6.07 Å². The maximum atomic E-state index is 10.6. The molecule has 0 saturated carbocycles. The average Bonchev–Trinajstić information content (AvgIpc) is 2.71. The zero-order valence-electron chi connectivity index (χ0n) is 7.58. The smallest absolute Gasteiger partial charge is 0.311 e. The molecule has 2 rings (SSSR count). The maximum absolute atomic E-state index is 10.6. The fourth-order valence-electron chi connectivity index (χ4n) is 1.27. The predicted octanol–water partition coefficient (Wildman–Crippen LogP) is 3.03. The number of rotatable bonds is 2. The number of nitro benzene ring substituents is 1. The van der Waals surface area contributed by atoms with E-state index in [0.29, 0.717) is 0 Å². The highest BCUT2D eigenvalue weighted by atomic mass is 32.1. The van der Waals surface area contributed by atoms with Crippen LogP contribution < -0.4 is 0 Å². The van der Waals surface area contributed by atoms with Gasteiger partial charge in [-0.15, -0.1) is 11.3 Å². The summed E-state index contributed by atoms with van der Waals surface area (Å²) in [6.45, 7) is 0. The van der Waals surface area contributed by atoms with E-state index in [0.717, 1.165) is 10.4 Å². The standard InChI is InChI=1S/C10H7NO3S/c12-9-4-3-7(6-8(9)11(13)14)10-2-1-5-15-10/h1-6,12H. The molecule has 0 radical (unpaired) electrons. The Hall–Kier alpha value is -1.88. The summed E-state index contributed by atoms with van der Waals surface area (Å²) in [6, 6.07) is 8.13. The fraction of sp³-hybridized carbons (Fsp3) is 0. The Morgan fingerprint density at radius 2 is 2.13 bits per heavy atom. The van der Waals surface area contributed by atoms with Crippen molar-refractivity contribution in [3.05, 3.63) is 45.8 Å². The number of aromatic hydroxyl groups is 1. The number of phenols is 1. The van der Waals surface area contributed by atoms with Crippen LogP contribution in [0.1, 0.15) is 0 Å². The van der Waals surface area contributed by atoms with E-state index in [9.17, 15) is 15.2 Å². The van der Waals surface area contributed by atoms with Crippen LogP contribution in [0.15, 0.2) is 35.7 Å². The number of hydrogen-bond donors (Lipinski definition) is 1. The number of hydrogen-bond acceptors (Lipinski definition) is 4. The molecule has 1 aromatic carbocycles. The minimum absolute atomic E-state index is 0.263. The number of benzene rings is 1. The van der Waals surface area contributed by atoms with Gasteiger partial charge in [0, 0.05) is 10.9 Å². The lowest BCUT2D eigenvalue weighted by Crippen LogP contribution is -1.88. The molecule has 0 bridgehead atoms.